The molecule has 0 aromatic heterocycles. The van der Waals surface area contributed by atoms with Crippen molar-refractivity contribution in [3.8, 4) is 0 Å². The Balaban J connectivity index is 3.06. The van der Waals surface area contributed by atoms with Crippen LogP contribution in [0.25, 0.3) is 0 Å². The number of amides is 1. The molecule has 0 aliphatic rings. The Hall–Kier alpha value is -2.09. The molecule has 21 heavy (non-hydrogen) atoms. The Morgan fingerprint density at radius 3 is 2.62 bits per heavy atom. The van der Waals surface area contributed by atoms with Crippen molar-refractivity contribution >= 4 is 29.3 Å². The van der Waals surface area contributed by atoms with E-state index in [1.807, 2.05) is 6.92 Å². The first kappa shape index (κ1) is 17.0. The molecule has 0 aliphatic heterocycles. The third-order valence-corrected chi connectivity index (χ3v) is 3.67. The average molecular weight is 312 g/mol. The summed E-state index contributed by atoms with van der Waals surface area (Å²) in [7, 11) is 1.48. The van der Waals surface area contributed by atoms with Gasteiger partial charge >= 0.3 is 5.97 Å². The van der Waals surface area contributed by atoms with Crippen LogP contribution in [0.3, 0.4) is 0 Å². The number of nitrogens with zero attached hydrogens (tertiary/aromatic N) is 2. The molecule has 0 heterocycles. The fourth-order valence-corrected chi connectivity index (χ4v) is 2.43. The van der Waals surface area contributed by atoms with Crippen LogP contribution < -0.4 is 0 Å². The van der Waals surface area contributed by atoms with E-state index in [0.717, 1.165) is 5.75 Å². The zero-order chi connectivity index (χ0) is 16.0. The number of thioether (sulfide) groups is 1. The van der Waals surface area contributed by atoms with E-state index in [2.05, 4.69) is 0 Å². The summed E-state index contributed by atoms with van der Waals surface area (Å²) in [6.07, 6.45) is -0.173. The normalized spacial score (nSPS) is 10.2. The molecule has 0 bridgehead atoms. The number of rotatable bonds is 7. The molecule has 0 fully saturated rings. The number of nitro groups is 1. The first-order valence-electron chi connectivity index (χ1n) is 6.25. The highest BCUT2D eigenvalue weighted by Crippen LogP contribution is 2.27. The summed E-state index contributed by atoms with van der Waals surface area (Å²) in [5.41, 5.74) is 0.0642. The van der Waals surface area contributed by atoms with Crippen LogP contribution in [-0.2, 0) is 4.79 Å². The second-order valence-electron chi connectivity index (χ2n) is 4.24. The summed E-state index contributed by atoms with van der Waals surface area (Å²) in [6.45, 7) is 1.96. The maximum atomic E-state index is 12.3. The maximum Gasteiger partial charge on any atom is 0.305 e. The van der Waals surface area contributed by atoms with Gasteiger partial charge in [-0.15, -0.1) is 11.8 Å². The first-order chi connectivity index (χ1) is 9.86. The van der Waals surface area contributed by atoms with Gasteiger partial charge in [0.25, 0.3) is 11.6 Å². The molecule has 0 saturated carbocycles. The highest BCUT2D eigenvalue weighted by atomic mass is 32.2. The SMILES string of the molecule is CCSc1ccc([N+](=O)[O-])cc1C(=O)N(C)CCC(=O)O. The van der Waals surface area contributed by atoms with Gasteiger partial charge in [-0.25, -0.2) is 0 Å². The van der Waals surface area contributed by atoms with Crippen LogP contribution in [0.15, 0.2) is 23.1 Å². The van der Waals surface area contributed by atoms with Crippen molar-refractivity contribution in [2.24, 2.45) is 0 Å². The van der Waals surface area contributed by atoms with Gasteiger partial charge < -0.3 is 10.0 Å². The van der Waals surface area contributed by atoms with Gasteiger partial charge in [0.05, 0.1) is 16.9 Å². The third kappa shape index (κ3) is 4.75. The topological polar surface area (TPSA) is 101 Å². The fourth-order valence-electron chi connectivity index (χ4n) is 1.65. The van der Waals surface area contributed by atoms with E-state index >= 15 is 0 Å². The molecule has 114 valence electrons. The fraction of sp³-hybridized carbons (Fsp3) is 0.385. The number of nitro benzene ring substituents is 1. The lowest BCUT2D eigenvalue weighted by atomic mass is 10.1. The van der Waals surface area contributed by atoms with Crippen LogP contribution in [0, 0.1) is 10.1 Å². The Labute approximate surface area is 126 Å². The lowest BCUT2D eigenvalue weighted by molar-refractivity contribution is -0.384. The summed E-state index contributed by atoms with van der Waals surface area (Å²) in [6, 6.07) is 4.13. The molecule has 0 aliphatic carbocycles. The summed E-state index contributed by atoms with van der Waals surface area (Å²) < 4.78 is 0. The van der Waals surface area contributed by atoms with Crippen LogP contribution in [0.5, 0.6) is 0 Å². The van der Waals surface area contributed by atoms with Crippen LogP contribution in [-0.4, -0.2) is 46.2 Å². The minimum Gasteiger partial charge on any atom is -0.481 e. The predicted octanol–water partition coefficient (Wildman–Crippen LogP) is 2.25. The number of hydrogen-bond donors (Lipinski definition) is 1. The standard InChI is InChI=1S/C13H16N2O5S/c1-3-21-11-5-4-9(15(19)20)8-10(11)13(18)14(2)7-6-12(16)17/h4-5,8H,3,6-7H2,1-2H3,(H,16,17). The Morgan fingerprint density at radius 1 is 1.43 bits per heavy atom. The Kier molecular flexibility index (Phi) is 6.16. The molecule has 1 rings (SSSR count). The van der Waals surface area contributed by atoms with Crippen molar-refractivity contribution in [2.45, 2.75) is 18.2 Å². The summed E-state index contributed by atoms with van der Waals surface area (Å²) in [5, 5.41) is 19.5. The number of carbonyl (C=O) groups is 2. The van der Waals surface area contributed by atoms with Gasteiger partial charge in [0, 0.05) is 30.6 Å². The number of hydrogen-bond acceptors (Lipinski definition) is 5. The lowest BCUT2D eigenvalue weighted by Gasteiger charge is -2.17. The molecule has 1 N–H and O–H groups in total. The molecule has 8 heteroatoms. The second-order valence-corrected chi connectivity index (χ2v) is 5.55. The largest absolute Gasteiger partial charge is 0.481 e. The van der Waals surface area contributed by atoms with E-state index in [1.165, 1.54) is 35.8 Å². The summed E-state index contributed by atoms with van der Waals surface area (Å²) in [5.74, 6) is -0.704. The number of carboxylic acid groups (broad SMARTS) is 1. The quantitative estimate of drug-likeness (QED) is 0.471. The molecule has 1 aromatic rings. The molecular weight excluding hydrogens is 296 g/mol. The highest BCUT2D eigenvalue weighted by molar-refractivity contribution is 7.99. The van der Waals surface area contributed by atoms with Crippen LogP contribution in [0.1, 0.15) is 23.7 Å². The smallest absolute Gasteiger partial charge is 0.305 e. The average Bonchev–Trinajstić information content (AvgIpc) is 2.44. The van der Waals surface area contributed by atoms with Gasteiger partial charge in [-0.3, -0.25) is 19.7 Å². The van der Waals surface area contributed by atoms with Crippen molar-refractivity contribution in [1.82, 2.24) is 4.90 Å². The molecule has 0 atom stereocenters. The zero-order valence-corrected chi connectivity index (χ0v) is 12.6. The van der Waals surface area contributed by atoms with Crippen molar-refractivity contribution in [2.75, 3.05) is 19.3 Å². The van der Waals surface area contributed by atoms with E-state index < -0.39 is 16.8 Å². The lowest BCUT2D eigenvalue weighted by Crippen LogP contribution is -2.29. The van der Waals surface area contributed by atoms with E-state index in [0.29, 0.717) is 4.90 Å². The van der Waals surface area contributed by atoms with Crippen LogP contribution in [0.4, 0.5) is 5.69 Å². The molecule has 0 spiro atoms. The monoisotopic (exact) mass is 312 g/mol. The van der Waals surface area contributed by atoms with Gasteiger partial charge in [0.1, 0.15) is 0 Å². The third-order valence-electron chi connectivity index (χ3n) is 2.71. The van der Waals surface area contributed by atoms with E-state index in [-0.39, 0.29) is 24.2 Å². The molecule has 1 amide bonds. The zero-order valence-electron chi connectivity index (χ0n) is 11.7. The predicted molar refractivity (Wildman–Crippen MR) is 78.7 cm³/mol. The maximum absolute atomic E-state index is 12.3. The van der Waals surface area contributed by atoms with Gasteiger partial charge in [-0.1, -0.05) is 6.92 Å². The van der Waals surface area contributed by atoms with Crippen LogP contribution in [0.2, 0.25) is 0 Å². The van der Waals surface area contributed by atoms with Crippen molar-refractivity contribution in [1.29, 1.82) is 0 Å². The van der Waals surface area contributed by atoms with Gasteiger partial charge in [-0.05, 0) is 11.8 Å². The summed E-state index contributed by atoms with van der Waals surface area (Å²) >= 11 is 1.41. The van der Waals surface area contributed by atoms with Crippen molar-refractivity contribution in [3.05, 3.63) is 33.9 Å². The molecule has 1 aromatic carbocycles. The Bertz CT molecular complexity index is 561. The highest BCUT2D eigenvalue weighted by Gasteiger charge is 2.20. The number of non-ortho nitro benzene ring substituents is 1. The number of benzene rings is 1. The van der Waals surface area contributed by atoms with Gasteiger partial charge in [0.2, 0.25) is 0 Å². The van der Waals surface area contributed by atoms with E-state index in [9.17, 15) is 19.7 Å². The second kappa shape index (κ2) is 7.63. The van der Waals surface area contributed by atoms with Crippen molar-refractivity contribution in [3.63, 3.8) is 0 Å². The van der Waals surface area contributed by atoms with Gasteiger partial charge in [0.15, 0.2) is 0 Å². The van der Waals surface area contributed by atoms with Crippen LogP contribution >= 0.6 is 11.8 Å². The molecule has 0 radical (unpaired) electrons. The van der Waals surface area contributed by atoms with Gasteiger partial charge in [-0.2, -0.15) is 0 Å². The molecule has 7 nitrogen and oxygen atoms in total. The van der Waals surface area contributed by atoms with E-state index in [4.69, 9.17) is 5.11 Å². The molecule has 0 unspecified atom stereocenters. The minimum absolute atomic E-state index is 0.0487. The number of carboxylic acids is 1. The first-order valence-corrected chi connectivity index (χ1v) is 7.23. The summed E-state index contributed by atoms with van der Waals surface area (Å²) in [4.78, 5) is 35.0. The number of aliphatic carboxylic acids is 1. The Morgan fingerprint density at radius 2 is 2.10 bits per heavy atom. The van der Waals surface area contributed by atoms with Crippen molar-refractivity contribution < 1.29 is 19.6 Å². The molecular formula is C13H16N2O5S. The van der Waals surface area contributed by atoms with E-state index in [1.54, 1.807) is 6.07 Å². The molecule has 0 saturated heterocycles. The number of carbonyl (C=O) groups excluding carboxylic acids is 1. The minimum atomic E-state index is -1.00.